The number of phenolic OH excluding ortho intramolecular Hbond substituents is 1. The smallest absolute Gasteiger partial charge is 0.118 e. The van der Waals surface area contributed by atoms with E-state index >= 15 is 0 Å². The molecular weight excluding hydrogens is 338 g/mol. The summed E-state index contributed by atoms with van der Waals surface area (Å²) in [6, 6.07) is 14.8. The largest absolute Gasteiger partial charge is 0.512 e. The molecule has 140 valence electrons. The number of allylic oxidation sites excluding steroid dienone is 2. The first-order valence-corrected chi connectivity index (χ1v) is 9.21. The zero-order valence-corrected chi connectivity index (χ0v) is 15.3. The number of amidine groups is 1. The first kappa shape index (κ1) is 18.7. The summed E-state index contributed by atoms with van der Waals surface area (Å²) in [6.07, 6.45) is 6.80. The molecule has 1 saturated carbocycles. The number of aryl methyl sites for hydroxylation is 1. The van der Waals surface area contributed by atoms with Crippen molar-refractivity contribution in [1.82, 2.24) is 0 Å². The van der Waals surface area contributed by atoms with E-state index in [0.717, 1.165) is 30.5 Å². The number of aliphatic imine (C=N–C) groups is 2. The Kier molecular flexibility index (Phi) is 6.26. The van der Waals surface area contributed by atoms with Crippen LogP contribution in [0.1, 0.15) is 36.8 Å². The average Bonchev–Trinajstić information content (AvgIpc) is 2.61. The van der Waals surface area contributed by atoms with Crippen molar-refractivity contribution in [2.24, 2.45) is 15.7 Å². The minimum absolute atomic E-state index is 0.231. The van der Waals surface area contributed by atoms with Gasteiger partial charge in [0, 0.05) is 12.8 Å². The molecular formula is C22H25N3O2. The molecule has 3 rings (SSSR count). The fourth-order valence-electron chi connectivity index (χ4n) is 2.87. The van der Waals surface area contributed by atoms with E-state index in [1.54, 1.807) is 12.1 Å². The van der Waals surface area contributed by atoms with Crippen LogP contribution in [-0.2, 0) is 12.8 Å². The summed E-state index contributed by atoms with van der Waals surface area (Å²) in [5.41, 5.74) is 10.1. The van der Waals surface area contributed by atoms with E-state index in [1.165, 1.54) is 23.9 Å². The predicted octanol–water partition coefficient (Wildman–Crippen LogP) is 4.58. The van der Waals surface area contributed by atoms with E-state index in [-0.39, 0.29) is 5.75 Å². The van der Waals surface area contributed by atoms with E-state index in [0.29, 0.717) is 24.4 Å². The molecule has 0 unspecified atom stereocenters. The molecule has 0 bridgehead atoms. The highest BCUT2D eigenvalue weighted by Gasteiger charge is 2.13. The van der Waals surface area contributed by atoms with Crippen molar-refractivity contribution in [2.75, 3.05) is 0 Å². The van der Waals surface area contributed by atoms with Gasteiger partial charge < -0.3 is 15.9 Å². The number of hydrogen-bond donors (Lipinski definition) is 3. The maximum atomic E-state index is 9.99. The molecule has 1 aliphatic rings. The van der Waals surface area contributed by atoms with Crippen LogP contribution in [0.5, 0.6) is 5.75 Å². The van der Waals surface area contributed by atoms with Crippen LogP contribution in [0.3, 0.4) is 0 Å². The van der Waals surface area contributed by atoms with Crippen LogP contribution in [0.2, 0.25) is 0 Å². The molecule has 0 aromatic heterocycles. The molecule has 2 aromatic rings. The topological polar surface area (TPSA) is 91.2 Å². The van der Waals surface area contributed by atoms with Gasteiger partial charge in [-0.05, 0) is 66.6 Å². The number of benzene rings is 2. The fourth-order valence-corrected chi connectivity index (χ4v) is 2.87. The molecule has 1 aliphatic carbocycles. The summed E-state index contributed by atoms with van der Waals surface area (Å²) < 4.78 is 0. The third-order valence-electron chi connectivity index (χ3n) is 4.70. The van der Waals surface area contributed by atoms with Crippen molar-refractivity contribution in [3.05, 3.63) is 71.0 Å². The van der Waals surface area contributed by atoms with E-state index in [9.17, 15) is 10.2 Å². The van der Waals surface area contributed by atoms with Crippen LogP contribution in [0.4, 0.5) is 5.69 Å². The molecule has 0 atom stereocenters. The first-order valence-electron chi connectivity index (χ1n) is 9.21. The number of nitrogens with two attached hydrogens (primary N) is 1. The molecule has 0 spiro atoms. The Balaban J connectivity index is 1.50. The maximum absolute atomic E-state index is 9.99. The number of nitrogens with zero attached hydrogens (tertiary/aromatic N) is 2. The Bertz CT molecular complexity index is 844. The number of phenols is 1. The third kappa shape index (κ3) is 5.71. The van der Waals surface area contributed by atoms with Gasteiger partial charge in [-0.1, -0.05) is 24.3 Å². The van der Waals surface area contributed by atoms with Crippen LogP contribution in [0.25, 0.3) is 0 Å². The quantitative estimate of drug-likeness (QED) is 0.382. The minimum Gasteiger partial charge on any atom is -0.512 e. The second kappa shape index (κ2) is 9.03. The molecule has 0 amide bonds. The fraction of sp³-hybridized carbons (Fsp3) is 0.273. The van der Waals surface area contributed by atoms with Crippen molar-refractivity contribution >= 4 is 17.9 Å². The van der Waals surface area contributed by atoms with Gasteiger partial charge in [0.2, 0.25) is 0 Å². The number of hydrogen-bond acceptors (Lipinski definition) is 3. The van der Waals surface area contributed by atoms with Crippen molar-refractivity contribution in [1.29, 1.82) is 0 Å². The molecule has 4 N–H and O–H groups in total. The Morgan fingerprint density at radius 2 is 1.67 bits per heavy atom. The van der Waals surface area contributed by atoms with E-state index < -0.39 is 0 Å². The predicted molar refractivity (Wildman–Crippen MR) is 110 cm³/mol. The van der Waals surface area contributed by atoms with Crippen LogP contribution in [-0.4, -0.2) is 22.4 Å². The number of rotatable bonds is 7. The summed E-state index contributed by atoms with van der Waals surface area (Å²) in [5, 5.41) is 19.3. The minimum atomic E-state index is 0.231. The zero-order chi connectivity index (χ0) is 19.1. The van der Waals surface area contributed by atoms with Crippen LogP contribution in [0, 0.1) is 0 Å². The number of aromatic hydroxyl groups is 1. The summed E-state index contributed by atoms with van der Waals surface area (Å²) >= 11 is 0. The lowest BCUT2D eigenvalue weighted by atomic mass is 9.90. The second-order valence-electron chi connectivity index (χ2n) is 6.78. The van der Waals surface area contributed by atoms with Gasteiger partial charge in [-0.3, -0.25) is 0 Å². The van der Waals surface area contributed by atoms with Crippen LogP contribution < -0.4 is 5.73 Å². The van der Waals surface area contributed by atoms with E-state index in [1.807, 2.05) is 36.4 Å². The van der Waals surface area contributed by atoms with E-state index in [2.05, 4.69) is 9.98 Å². The average molecular weight is 363 g/mol. The SMILES string of the molecule is NC(Cc1ccc(O)cc1)=NC=Nc1ccc(CCC(O)=C2CCC2)cc1. The van der Waals surface area contributed by atoms with Crippen molar-refractivity contribution in [3.63, 3.8) is 0 Å². The highest BCUT2D eigenvalue weighted by atomic mass is 16.3. The molecule has 0 saturated heterocycles. The third-order valence-corrected chi connectivity index (χ3v) is 4.70. The monoisotopic (exact) mass is 363 g/mol. The van der Waals surface area contributed by atoms with E-state index in [4.69, 9.17) is 5.73 Å². The van der Waals surface area contributed by atoms with Crippen molar-refractivity contribution < 1.29 is 10.2 Å². The highest BCUT2D eigenvalue weighted by Crippen LogP contribution is 2.29. The van der Waals surface area contributed by atoms with Gasteiger partial charge in [0.05, 0.1) is 11.4 Å². The zero-order valence-electron chi connectivity index (χ0n) is 15.3. The summed E-state index contributed by atoms with van der Waals surface area (Å²) in [4.78, 5) is 8.45. The van der Waals surface area contributed by atoms with Gasteiger partial charge in [-0.2, -0.15) is 0 Å². The Hall–Kier alpha value is -3.08. The molecule has 5 nitrogen and oxygen atoms in total. The van der Waals surface area contributed by atoms with Crippen LogP contribution in [0.15, 0.2) is 69.8 Å². The van der Waals surface area contributed by atoms with Gasteiger partial charge in [-0.15, -0.1) is 0 Å². The van der Waals surface area contributed by atoms with Gasteiger partial charge in [0.15, 0.2) is 0 Å². The standard InChI is InChI=1S/C22H25N3O2/c23-22(14-17-6-11-20(26)12-7-17)25-15-24-19-9-4-16(5-10-19)8-13-21(27)18-2-1-3-18/h4-7,9-12,15,26-27H,1-3,8,13-14H2,(H2,23,24,25). The molecule has 5 heteroatoms. The lowest BCUT2D eigenvalue weighted by Gasteiger charge is -2.18. The van der Waals surface area contributed by atoms with Crippen LogP contribution >= 0.6 is 0 Å². The highest BCUT2D eigenvalue weighted by molar-refractivity contribution is 5.89. The van der Waals surface area contributed by atoms with Gasteiger partial charge in [0.1, 0.15) is 17.9 Å². The molecule has 27 heavy (non-hydrogen) atoms. The Morgan fingerprint density at radius 3 is 2.30 bits per heavy atom. The van der Waals surface area contributed by atoms with Gasteiger partial charge in [-0.25, -0.2) is 9.98 Å². The lowest BCUT2D eigenvalue weighted by Crippen LogP contribution is -2.14. The molecule has 0 radical (unpaired) electrons. The Labute approximate surface area is 159 Å². The van der Waals surface area contributed by atoms with Gasteiger partial charge >= 0.3 is 0 Å². The second-order valence-corrected chi connectivity index (χ2v) is 6.78. The lowest BCUT2D eigenvalue weighted by molar-refractivity contribution is 0.365. The number of aliphatic hydroxyl groups excluding tert-OH is 1. The Morgan fingerprint density at radius 1 is 1.00 bits per heavy atom. The maximum Gasteiger partial charge on any atom is 0.118 e. The normalized spacial score (nSPS) is 14.4. The van der Waals surface area contributed by atoms with Crippen molar-refractivity contribution in [2.45, 2.75) is 38.5 Å². The molecule has 1 fully saturated rings. The number of aliphatic hydroxyl groups is 1. The summed E-state index contributed by atoms with van der Waals surface area (Å²) in [7, 11) is 0. The first-order chi connectivity index (χ1) is 13.1. The molecule has 2 aromatic carbocycles. The summed E-state index contributed by atoms with van der Waals surface area (Å²) in [5.74, 6) is 1.26. The molecule has 0 heterocycles. The summed E-state index contributed by atoms with van der Waals surface area (Å²) in [6.45, 7) is 0. The van der Waals surface area contributed by atoms with Crippen molar-refractivity contribution in [3.8, 4) is 5.75 Å². The molecule has 0 aliphatic heterocycles. The van der Waals surface area contributed by atoms with Gasteiger partial charge in [0.25, 0.3) is 0 Å².